The molecule has 0 atom stereocenters. The van der Waals surface area contributed by atoms with Crippen molar-refractivity contribution in [3.05, 3.63) is 29.8 Å². The monoisotopic (exact) mass is 155 g/mol. The second kappa shape index (κ2) is 3.47. The maximum Gasteiger partial charge on any atom is 0.0494 e. The molecule has 0 unspecified atom stereocenters. The molecule has 0 saturated heterocycles. The first-order valence-corrected chi connectivity index (χ1v) is 3.73. The van der Waals surface area contributed by atoms with E-state index in [9.17, 15) is 0 Å². The Morgan fingerprint density at radius 3 is 2.60 bits per heavy atom. The van der Waals surface area contributed by atoms with Gasteiger partial charge in [0, 0.05) is 18.6 Å². The molecule has 0 aliphatic carbocycles. The van der Waals surface area contributed by atoms with Crippen LogP contribution in [0.2, 0.25) is 0 Å². The van der Waals surface area contributed by atoms with Crippen molar-refractivity contribution in [1.29, 1.82) is 0 Å². The molecule has 0 heterocycles. The molecule has 1 rings (SSSR count). The molecule has 10 heavy (non-hydrogen) atoms. The summed E-state index contributed by atoms with van der Waals surface area (Å²) in [6.07, 6.45) is 0. The molecule has 0 radical (unpaired) electrons. The molecule has 1 N–H and O–H groups in total. The van der Waals surface area contributed by atoms with E-state index in [-0.39, 0.29) is 0 Å². The minimum atomic E-state index is 0.566. The fourth-order valence-corrected chi connectivity index (χ4v) is 1.11. The smallest absolute Gasteiger partial charge is 0.0494 e. The van der Waals surface area contributed by atoms with E-state index in [1.807, 2.05) is 31.3 Å². The van der Waals surface area contributed by atoms with Crippen molar-refractivity contribution in [2.75, 3.05) is 12.4 Å². The highest BCUT2D eigenvalue weighted by molar-refractivity contribution is 6.17. The molecule has 0 aliphatic rings. The molecular weight excluding hydrogens is 146 g/mol. The van der Waals surface area contributed by atoms with Gasteiger partial charge < -0.3 is 5.32 Å². The topological polar surface area (TPSA) is 12.0 Å². The molecule has 54 valence electrons. The largest absolute Gasteiger partial charge is 0.388 e. The third-order valence-corrected chi connectivity index (χ3v) is 1.72. The molecule has 0 spiro atoms. The lowest BCUT2D eigenvalue weighted by Crippen LogP contribution is -1.91. The van der Waals surface area contributed by atoms with E-state index in [0.29, 0.717) is 5.88 Å². The van der Waals surface area contributed by atoms with Crippen LogP contribution in [0.5, 0.6) is 0 Å². The molecule has 0 aliphatic heterocycles. The van der Waals surface area contributed by atoms with Crippen molar-refractivity contribution < 1.29 is 0 Å². The predicted octanol–water partition coefficient (Wildman–Crippen LogP) is 2.47. The number of hydrogen-bond donors (Lipinski definition) is 1. The Labute approximate surface area is 66.0 Å². The lowest BCUT2D eigenvalue weighted by Gasteiger charge is -2.03. The van der Waals surface area contributed by atoms with Gasteiger partial charge in [-0.1, -0.05) is 18.2 Å². The zero-order chi connectivity index (χ0) is 7.40. The Morgan fingerprint density at radius 2 is 2.10 bits per heavy atom. The van der Waals surface area contributed by atoms with Crippen LogP contribution >= 0.6 is 11.6 Å². The molecule has 0 fully saturated rings. The van der Waals surface area contributed by atoms with Crippen LogP contribution in [0, 0.1) is 0 Å². The van der Waals surface area contributed by atoms with Gasteiger partial charge in [-0.3, -0.25) is 0 Å². The van der Waals surface area contributed by atoms with E-state index in [2.05, 4.69) is 5.32 Å². The fraction of sp³-hybridized carbons (Fsp3) is 0.250. The van der Waals surface area contributed by atoms with Gasteiger partial charge in [0.1, 0.15) is 0 Å². The second-order valence-corrected chi connectivity index (χ2v) is 2.31. The van der Waals surface area contributed by atoms with E-state index < -0.39 is 0 Å². The van der Waals surface area contributed by atoms with Crippen LogP contribution in [0.4, 0.5) is 5.69 Å². The molecule has 1 aromatic carbocycles. The number of benzene rings is 1. The lowest BCUT2D eigenvalue weighted by atomic mass is 10.2. The molecule has 0 saturated carbocycles. The van der Waals surface area contributed by atoms with Gasteiger partial charge in [-0.25, -0.2) is 0 Å². The first-order valence-electron chi connectivity index (χ1n) is 3.20. The van der Waals surface area contributed by atoms with Crippen molar-refractivity contribution in [3.8, 4) is 0 Å². The maximum atomic E-state index is 5.67. The number of hydrogen-bond acceptors (Lipinski definition) is 1. The summed E-state index contributed by atoms with van der Waals surface area (Å²) in [4.78, 5) is 0. The number of nitrogens with one attached hydrogen (secondary N) is 1. The number of anilines is 1. The average molecular weight is 156 g/mol. The molecule has 1 nitrogen and oxygen atoms in total. The van der Waals surface area contributed by atoms with Gasteiger partial charge in [-0.2, -0.15) is 0 Å². The van der Waals surface area contributed by atoms with Crippen LogP contribution in [0.15, 0.2) is 24.3 Å². The highest BCUT2D eigenvalue weighted by Gasteiger charge is 1.94. The van der Waals surface area contributed by atoms with Gasteiger partial charge in [-0.05, 0) is 11.6 Å². The van der Waals surface area contributed by atoms with E-state index in [1.54, 1.807) is 0 Å². The van der Waals surface area contributed by atoms with E-state index in [0.717, 1.165) is 11.3 Å². The normalized spacial score (nSPS) is 9.40. The predicted molar refractivity (Wildman–Crippen MR) is 45.5 cm³/mol. The number of rotatable bonds is 2. The van der Waals surface area contributed by atoms with Crippen LogP contribution in [0.25, 0.3) is 0 Å². The van der Waals surface area contributed by atoms with Gasteiger partial charge in [0.2, 0.25) is 0 Å². The fourth-order valence-electron chi connectivity index (χ4n) is 0.881. The molecule has 0 amide bonds. The van der Waals surface area contributed by atoms with Crippen molar-refractivity contribution in [1.82, 2.24) is 0 Å². The number of halogens is 1. The van der Waals surface area contributed by atoms with E-state index in [4.69, 9.17) is 11.6 Å². The summed E-state index contributed by atoms with van der Waals surface area (Å²) in [6, 6.07) is 8.00. The van der Waals surface area contributed by atoms with Gasteiger partial charge in [0.05, 0.1) is 0 Å². The standard InChI is InChI=1S/C8H10ClN/c1-10-8-5-3-2-4-7(8)6-9/h2-5,10H,6H2,1H3. The summed E-state index contributed by atoms with van der Waals surface area (Å²) in [5.74, 6) is 0.566. The third-order valence-electron chi connectivity index (χ3n) is 1.43. The van der Waals surface area contributed by atoms with Gasteiger partial charge >= 0.3 is 0 Å². The highest BCUT2D eigenvalue weighted by Crippen LogP contribution is 2.15. The van der Waals surface area contributed by atoms with Gasteiger partial charge in [-0.15, -0.1) is 11.6 Å². The van der Waals surface area contributed by atoms with Crippen LogP contribution in [-0.4, -0.2) is 7.05 Å². The van der Waals surface area contributed by atoms with Crippen LogP contribution < -0.4 is 5.32 Å². The lowest BCUT2D eigenvalue weighted by molar-refractivity contribution is 1.36. The summed E-state index contributed by atoms with van der Waals surface area (Å²) in [7, 11) is 1.89. The Balaban J connectivity index is 2.96. The summed E-state index contributed by atoms with van der Waals surface area (Å²) in [6.45, 7) is 0. The highest BCUT2D eigenvalue weighted by atomic mass is 35.5. The number of para-hydroxylation sites is 1. The summed E-state index contributed by atoms with van der Waals surface area (Å²) < 4.78 is 0. The summed E-state index contributed by atoms with van der Waals surface area (Å²) >= 11 is 5.67. The summed E-state index contributed by atoms with van der Waals surface area (Å²) in [5.41, 5.74) is 2.25. The molecule has 0 aromatic heterocycles. The second-order valence-electron chi connectivity index (χ2n) is 2.04. The maximum absolute atomic E-state index is 5.67. The van der Waals surface area contributed by atoms with Crippen molar-refractivity contribution in [2.45, 2.75) is 5.88 Å². The average Bonchev–Trinajstić information content (AvgIpc) is 2.04. The number of alkyl halides is 1. The Kier molecular flexibility index (Phi) is 2.57. The van der Waals surface area contributed by atoms with Crippen molar-refractivity contribution in [3.63, 3.8) is 0 Å². The first kappa shape index (κ1) is 7.42. The van der Waals surface area contributed by atoms with Crippen LogP contribution in [0.1, 0.15) is 5.56 Å². The van der Waals surface area contributed by atoms with Crippen molar-refractivity contribution in [2.24, 2.45) is 0 Å². The molecular formula is C8H10ClN. The minimum Gasteiger partial charge on any atom is -0.388 e. The van der Waals surface area contributed by atoms with Crippen molar-refractivity contribution >= 4 is 17.3 Å². The Hall–Kier alpha value is -0.690. The Morgan fingerprint density at radius 1 is 1.40 bits per heavy atom. The summed E-state index contributed by atoms with van der Waals surface area (Å²) in [5, 5.41) is 3.06. The quantitative estimate of drug-likeness (QED) is 0.647. The van der Waals surface area contributed by atoms with E-state index >= 15 is 0 Å². The van der Waals surface area contributed by atoms with E-state index in [1.165, 1.54) is 0 Å². The third kappa shape index (κ3) is 1.42. The molecule has 1 aromatic rings. The van der Waals surface area contributed by atoms with Gasteiger partial charge in [0.15, 0.2) is 0 Å². The van der Waals surface area contributed by atoms with Crippen LogP contribution in [0.3, 0.4) is 0 Å². The molecule has 2 heteroatoms. The Bertz CT molecular complexity index is 187. The minimum absolute atomic E-state index is 0.566. The SMILES string of the molecule is CNc1ccccc1CCl. The van der Waals surface area contributed by atoms with Gasteiger partial charge in [0.25, 0.3) is 0 Å². The first-order chi connectivity index (χ1) is 4.88. The zero-order valence-corrected chi connectivity index (χ0v) is 6.65. The van der Waals surface area contributed by atoms with Crippen LogP contribution in [-0.2, 0) is 5.88 Å². The zero-order valence-electron chi connectivity index (χ0n) is 5.89. The molecule has 0 bridgehead atoms.